The Bertz CT molecular complexity index is 1020. The molecule has 3 aromatic rings. The molecular formula is C20H16ClN3O2. The van der Waals surface area contributed by atoms with Crippen molar-refractivity contribution in [2.45, 2.75) is 6.54 Å². The second kappa shape index (κ2) is 7.77. The van der Waals surface area contributed by atoms with E-state index in [0.29, 0.717) is 16.3 Å². The fourth-order valence-electron chi connectivity index (χ4n) is 2.58. The SMILES string of the molecule is C#Cc1cccc(NC(=O)CNC(=O)Cn2ccc3ccc(Cl)cc32)c1. The van der Waals surface area contributed by atoms with Gasteiger partial charge in [0.2, 0.25) is 11.8 Å². The van der Waals surface area contributed by atoms with Gasteiger partial charge in [0.05, 0.1) is 6.54 Å². The van der Waals surface area contributed by atoms with E-state index in [-0.39, 0.29) is 24.9 Å². The molecular weight excluding hydrogens is 350 g/mol. The number of benzene rings is 2. The number of rotatable bonds is 5. The van der Waals surface area contributed by atoms with Gasteiger partial charge in [0.25, 0.3) is 0 Å². The van der Waals surface area contributed by atoms with Gasteiger partial charge >= 0.3 is 0 Å². The summed E-state index contributed by atoms with van der Waals surface area (Å²) in [6, 6.07) is 14.3. The predicted octanol–water partition coefficient (Wildman–Crippen LogP) is 3.03. The molecule has 1 aromatic heterocycles. The van der Waals surface area contributed by atoms with Crippen LogP contribution in [0.2, 0.25) is 5.02 Å². The number of terminal acetylenes is 1. The number of halogens is 1. The molecule has 0 atom stereocenters. The standard InChI is InChI=1S/C20H16ClN3O2/c1-2-14-4-3-5-17(10-14)23-19(25)12-22-20(26)13-24-9-8-15-6-7-16(21)11-18(15)24/h1,3-11H,12-13H2,(H,22,26)(H,23,25). The van der Waals surface area contributed by atoms with E-state index in [1.807, 2.05) is 18.3 Å². The maximum atomic E-state index is 12.1. The Labute approximate surface area is 156 Å². The molecule has 6 heteroatoms. The smallest absolute Gasteiger partial charge is 0.243 e. The van der Waals surface area contributed by atoms with Gasteiger partial charge in [0, 0.05) is 28.0 Å². The van der Waals surface area contributed by atoms with Gasteiger partial charge in [-0.3, -0.25) is 9.59 Å². The lowest BCUT2D eigenvalue weighted by Gasteiger charge is -2.09. The van der Waals surface area contributed by atoms with E-state index >= 15 is 0 Å². The first-order valence-electron chi connectivity index (χ1n) is 7.93. The number of hydrogen-bond acceptors (Lipinski definition) is 2. The summed E-state index contributed by atoms with van der Waals surface area (Å²) in [4.78, 5) is 24.1. The van der Waals surface area contributed by atoms with E-state index in [4.69, 9.17) is 18.0 Å². The van der Waals surface area contributed by atoms with Crippen molar-refractivity contribution >= 4 is 40.0 Å². The van der Waals surface area contributed by atoms with Crippen LogP contribution >= 0.6 is 11.6 Å². The minimum Gasteiger partial charge on any atom is -0.345 e. The molecule has 130 valence electrons. The Balaban J connectivity index is 1.55. The molecule has 0 radical (unpaired) electrons. The summed E-state index contributed by atoms with van der Waals surface area (Å²) in [5.41, 5.74) is 2.12. The molecule has 2 N–H and O–H groups in total. The van der Waals surface area contributed by atoms with Crippen LogP contribution in [0.25, 0.3) is 10.9 Å². The third kappa shape index (κ3) is 4.24. The van der Waals surface area contributed by atoms with Gasteiger partial charge in [-0.05, 0) is 41.8 Å². The highest BCUT2D eigenvalue weighted by Crippen LogP contribution is 2.20. The number of aromatic nitrogens is 1. The Morgan fingerprint density at radius 2 is 1.96 bits per heavy atom. The number of carbonyl (C=O) groups is 2. The van der Waals surface area contributed by atoms with Gasteiger partial charge in [-0.2, -0.15) is 0 Å². The molecule has 0 aliphatic heterocycles. The van der Waals surface area contributed by atoms with E-state index in [9.17, 15) is 9.59 Å². The van der Waals surface area contributed by atoms with Crippen LogP contribution in [0.4, 0.5) is 5.69 Å². The van der Waals surface area contributed by atoms with Gasteiger partial charge in [-0.15, -0.1) is 6.42 Å². The van der Waals surface area contributed by atoms with Crippen LogP contribution < -0.4 is 10.6 Å². The number of amides is 2. The van der Waals surface area contributed by atoms with Gasteiger partial charge in [0.15, 0.2) is 0 Å². The Morgan fingerprint density at radius 3 is 2.77 bits per heavy atom. The van der Waals surface area contributed by atoms with Crippen molar-refractivity contribution in [1.82, 2.24) is 9.88 Å². The van der Waals surface area contributed by atoms with Crippen molar-refractivity contribution in [1.29, 1.82) is 0 Å². The van der Waals surface area contributed by atoms with Crippen molar-refractivity contribution in [3.05, 3.63) is 65.3 Å². The molecule has 5 nitrogen and oxygen atoms in total. The van der Waals surface area contributed by atoms with Crippen molar-refractivity contribution in [3.63, 3.8) is 0 Å². The van der Waals surface area contributed by atoms with Crippen molar-refractivity contribution in [3.8, 4) is 12.3 Å². The first-order valence-corrected chi connectivity index (χ1v) is 8.30. The molecule has 3 rings (SSSR count). The van der Waals surface area contributed by atoms with Crippen molar-refractivity contribution < 1.29 is 9.59 Å². The minimum atomic E-state index is -0.326. The van der Waals surface area contributed by atoms with E-state index in [1.54, 1.807) is 41.0 Å². The molecule has 2 amide bonds. The first kappa shape index (κ1) is 17.6. The zero-order valence-electron chi connectivity index (χ0n) is 13.8. The molecule has 2 aromatic carbocycles. The molecule has 0 unspecified atom stereocenters. The van der Waals surface area contributed by atoms with Crippen LogP contribution in [0.3, 0.4) is 0 Å². The highest BCUT2D eigenvalue weighted by Gasteiger charge is 2.09. The third-order valence-electron chi connectivity index (χ3n) is 3.81. The average molecular weight is 366 g/mol. The Kier molecular flexibility index (Phi) is 5.26. The van der Waals surface area contributed by atoms with Crippen LogP contribution in [-0.4, -0.2) is 22.9 Å². The van der Waals surface area contributed by atoms with E-state index in [0.717, 1.165) is 10.9 Å². The molecule has 0 spiro atoms. The van der Waals surface area contributed by atoms with E-state index in [2.05, 4.69) is 16.6 Å². The molecule has 0 saturated carbocycles. The lowest BCUT2D eigenvalue weighted by Crippen LogP contribution is -2.34. The summed E-state index contributed by atoms with van der Waals surface area (Å²) in [7, 11) is 0. The fraction of sp³-hybridized carbons (Fsp3) is 0.100. The zero-order chi connectivity index (χ0) is 18.5. The molecule has 1 heterocycles. The molecule has 0 bridgehead atoms. The van der Waals surface area contributed by atoms with Crippen LogP contribution in [0.15, 0.2) is 54.7 Å². The van der Waals surface area contributed by atoms with Crippen molar-refractivity contribution in [2.75, 3.05) is 11.9 Å². The monoisotopic (exact) mass is 365 g/mol. The van der Waals surface area contributed by atoms with Gasteiger partial charge in [0.1, 0.15) is 6.54 Å². The highest BCUT2D eigenvalue weighted by atomic mass is 35.5. The van der Waals surface area contributed by atoms with Crippen LogP contribution in [0.5, 0.6) is 0 Å². The third-order valence-corrected chi connectivity index (χ3v) is 4.04. The molecule has 0 fully saturated rings. The van der Waals surface area contributed by atoms with E-state index in [1.165, 1.54) is 0 Å². The second-order valence-corrected chi connectivity index (χ2v) is 6.13. The topological polar surface area (TPSA) is 63.1 Å². The average Bonchev–Trinajstić information content (AvgIpc) is 3.02. The highest BCUT2D eigenvalue weighted by molar-refractivity contribution is 6.31. The predicted molar refractivity (Wildman–Crippen MR) is 103 cm³/mol. The van der Waals surface area contributed by atoms with E-state index < -0.39 is 0 Å². The maximum Gasteiger partial charge on any atom is 0.243 e. The van der Waals surface area contributed by atoms with Gasteiger partial charge in [-0.1, -0.05) is 29.7 Å². The molecule has 0 saturated heterocycles. The summed E-state index contributed by atoms with van der Waals surface area (Å²) in [5.74, 6) is 1.91. The normalized spacial score (nSPS) is 10.3. The zero-order valence-corrected chi connectivity index (χ0v) is 14.6. The molecule has 0 aliphatic carbocycles. The maximum absolute atomic E-state index is 12.1. The van der Waals surface area contributed by atoms with Crippen LogP contribution in [0.1, 0.15) is 5.56 Å². The summed E-state index contributed by atoms with van der Waals surface area (Å²) in [5, 5.41) is 6.90. The number of nitrogens with zero attached hydrogens (tertiary/aromatic N) is 1. The van der Waals surface area contributed by atoms with Crippen LogP contribution in [0, 0.1) is 12.3 Å². The first-order chi connectivity index (χ1) is 12.5. The Morgan fingerprint density at radius 1 is 1.12 bits per heavy atom. The summed E-state index contributed by atoms with van der Waals surface area (Å²) in [6.45, 7) is -0.0250. The van der Waals surface area contributed by atoms with Crippen molar-refractivity contribution in [2.24, 2.45) is 0 Å². The van der Waals surface area contributed by atoms with Gasteiger partial charge < -0.3 is 15.2 Å². The quantitative estimate of drug-likeness (QED) is 0.683. The van der Waals surface area contributed by atoms with Crippen LogP contribution in [-0.2, 0) is 16.1 Å². The number of fused-ring (bicyclic) bond motifs is 1. The number of nitrogens with one attached hydrogen (secondary N) is 2. The largest absolute Gasteiger partial charge is 0.345 e. The summed E-state index contributed by atoms with van der Waals surface area (Å²) < 4.78 is 1.78. The number of anilines is 1. The number of carbonyl (C=O) groups excluding carboxylic acids is 2. The molecule has 26 heavy (non-hydrogen) atoms. The number of hydrogen-bond donors (Lipinski definition) is 2. The summed E-state index contributed by atoms with van der Waals surface area (Å²) in [6.07, 6.45) is 7.14. The lowest BCUT2D eigenvalue weighted by atomic mass is 10.2. The fourth-order valence-corrected chi connectivity index (χ4v) is 2.74. The second-order valence-electron chi connectivity index (χ2n) is 5.70. The minimum absolute atomic E-state index is 0.101. The summed E-state index contributed by atoms with van der Waals surface area (Å²) >= 11 is 6.01. The Hall–Kier alpha value is -3.23. The lowest BCUT2D eigenvalue weighted by molar-refractivity contribution is -0.124. The molecule has 0 aliphatic rings. The van der Waals surface area contributed by atoms with Gasteiger partial charge in [-0.25, -0.2) is 0 Å².